The molecule has 0 saturated heterocycles. The molecule has 0 radical (unpaired) electrons. The van der Waals surface area contributed by atoms with E-state index in [2.05, 4.69) is 56.5 Å². The fraction of sp³-hybridized carbons (Fsp3) is 0.318. The van der Waals surface area contributed by atoms with Gasteiger partial charge in [-0.2, -0.15) is 0 Å². The van der Waals surface area contributed by atoms with Crippen LogP contribution < -0.4 is 5.32 Å². The monoisotopic (exact) mass is 424 g/mol. The lowest BCUT2D eigenvalue weighted by molar-refractivity contribution is -0.115. The van der Waals surface area contributed by atoms with E-state index >= 15 is 0 Å². The van der Waals surface area contributed by atoms with Crippen LogP contribution in [0.3, 0.4) is 0 Å². The summed E-state index contributed by atoms with van der Waals surface area (Å²) in [5.74, 6) is 0.850. The standard InChI is InChI=1S/C22H24N4OS2/c1-6-18(21(27)23-20-13(3)9-12(2)10-14(20)4)29-22-17-11-19-16(7-8-28-19)26(17)15(5)24-25-22/h7-11,18H,6H2,1-5H3,(H,23,27)/t18-/m1/s1. The number of rotatable bonds is 5. The number of aryl methyl sites for hydroxylation is 4. The number of hydrogen-bond donors (Lipinski definition) is 1. The molecule has 4 rings (SSSR count). The van der Waals surface area contributed by atoms with E-state index in [0.29, 0.717) is 6.42 Å². The third-order valence-corrected chi connectivity index (χ3v) is 7.29. The van der Waals surface area contributed by atoms with Crippen LogP contribution in [0.15, 0.2) is 34.7 Å². The van der Waals surface area contributed by atoms with Gasteiger partial charge in [0.15, 0.2) is 0 Å². The molecule has 3 heterocycles. The second-order valence-corrected chi connectivity index (χ2v) is 9.50. The van der Waals surface area contributed by atoms with Gasteiger partial charge in [0.2, 0.25) is 5.91 Å². The largest absolute Gasteiger partial charge is 0.325 e. The maximum Gasteiger partial charge on any atom is 0.237 e. The van der Waals surface area contributed by atoms with Gasteiger partial charge in [-0.25, -0.2) is 0 Å². The van der Waals surface area contributed by atoms with Crippen molar-refractivity contribution in [1.29, 1.82) is 0 Å². The van der Waals surface area contributed by atoms with Gasteiger partial charge in [0.25, 0.3) is 0 Å². The van der Waals surface area contributed by atoms with Crippen LogP contribution >= 0.6 is 23.1 Å². The molecule has 150 valence electrons. The Balaban J connectivity index is 1.64. The predicted octanol–water partition coefficient (Wildman–Crippen LogP) is 5.69. The number of thiophene rings is 1. The molecule has 1 amide bonds. The molecule has 0 bridgehead atoms. The molecule has 1 atom stereocenters. The first-order valence-electron chi connectivity index (χ1n) is 9.66. The van der Waals surface area contributed by atoms with Gasteiger partial charge in [-0.05, 0) is 62.8 Å². The summed E-state index contributed by atoms with van der Waals surface area (Å²) < 4.78 is 3.33. The van der Waals surface area contributed by atoms with Crippen molar-refractivity contribution in [2.24, 2.45) is 0 Å². The molecular weight excluding hydrogens is 400 g/mol. The number of carbonyl (C=O) groups is 1. The number of nitrogens with one attached hydrogen (secondary N) is 1. The van der Waals surface area contributed by atoms with Gasteiger partial charge in [0.1, 0.15) is 10.9 Å². The van der Waals surface area contributed by atoms with E-state index in [4.69, 9.17) is 0 Å². The molecule has 0 spiro atoms. The summed E-state index contributed by atoms with van der Waals surface area (Å²) in [7, 11) is 0. The van der Waals surface area contributed by atoms with Gasteiger partial charge in [0, 0.05) is 5.69 Å². The third kappa shape index (κ3) is 3.65. The molecule has 7 heteroatoms. The highest BCUT2D eigenvalue weighted by Gasteiger charge is 2.23. The van der Waals surface area contributed by atoms with Gasteiger partial charge in [-0.1, -0.05) is 36.4 Å². The van der Waals surface area contributed by atoms with Crippen LogP contribution in [0.5, 0.6) is 0 Å². The molecular formula is C22H24N4OS2. The van der Waals surface area contributed by atoms with Crippen molar-refractivity contribution >= 4 is 50.4 Å². The Kier molecular flexibility index (Phi) is 5.36. The fourth-order valence-electron chi connectivity index (χ4n) is 3.77. The second-order valence-electron chi connectivity index (χ2n) is 7.37. The molecule has 29 heavy (non-hydrogen) atoms. The Labute approximate surface area is 178 Å². The molecule has 0 aliphatic heterocycles. The molecule has 3 aromatic heterocycles. The molecule has 1 aromatic carbocycles. The molecule has 4 aromatic rings. The number of thioether (sulfide) groups is 1. The Bertz CT molecular complexity index is 1200. The van der Waals surface area contributed by atoms with Gasteiger partial charge >= 0.3 is 0 Å². The number of benzene rings is 1. The maximum atomic E-state index is 13.1. The molecule has 0 aliphatic carbocycles. The highest BCUT2D eigenvalue weighted by Crippen LogP contribution is 2.34. The van der Waals surface area contributed by atoms with Crippen molar-refractivity contribution in [1.82, 2.24) is 14.6 Å². The summed E-state index contributed by atoms with van der Waals surface area (Å²) in [6.45, 7) is 10.1. The quantitative estimate of drug-likeness (QED) is 0.418. The average molecular weight is 425 g/mol. The molecule has 0 fully saturated rings. The van der Waals surface area contributed by atoms with Crippen LogP contribution in [-0.4, -0.2) is 25.8 Å². The van der Waals surface area contributed by atoms with Crippen LogP contribution in [0.4, 0.5) is 5.69 Å². The van der Waals surface area contributed by atoms with E-state index in [0.717, 1.165) is 38.7 Å². The Morgan fingerprint density at radius 3 is 2.55 bits per heavy atom. The molecule has 1 N–H and O–H groups in total. The fourth-order valence-corrected chi connectivity index (χ4v) is 5.53. The summed E-state index contributed by atoms with van der Waals surface area (Å²) in [5.41, 5.74) is 6.42. The van der Waals surface area contributed by atoms with E-state index in [-0.39, 0.29) is 11.2 Å². The van der Waals surface area contributed by atoms with Crippen molar-refractivity contribution in [3.05, 3.63) is 52.2 Å². The lowest BCUT2D eigenvalue weighted by Crippen LogP contribution is -2.25. The van der Waals surface area contributed by atoms with Crippen molar-refractivity contribution in [2.75, 3.05) is 5.32 Å². The van der Waals surface area contributed by atoms with Crippen LogP contribution in [0.2, 0.25) is 0 Å². The number of anilines is 1. The van der Waals surface area contributed by atoms with Crippen LogP contribution in [0.1, 0.15) is 35.9 Å². The van der Waals surface area contributed by atoms with E-state index < -0.39 is 0 Å². The first kappa shape index (κ1) is 19.9. The summed E-state index contributed by atoms with van der Waals surface area (Å²) in [6.07, 6.45) is 0.706. The van der Waals surface area contributed by atoms with Crippen molar-refractivity contribution in [3.63, 3.8) is 0 Å². The summed E-state index contributed by atoms with van der Waals surface area (Å²) >= 11 is 3.19. The number of aromatic nitrogens is 3. The average Bonchev–Trinajstić information content (AvgIpc) is 3.25. The zero-order valence-corrected chi connectivity index (χ0v) is 18.9. The van der Waals surface area contributed by atoms with Crippen molar-refractivity contribution in [3.8, 4) is 0 Å². The van der Waals surface area contributed by atoms with Crippen LogP contribution in [0, 0.1) is 27.7 Å². The van der Waals surface area contributed by atoms with Gasteiger partial charge in [-0.3, -0.25) is 9.20 Å². The lowest BCUT2D eigenvalue weighted by atomic mass is 10.0. The van der Waals surface area contributed by atoms with Crippen molar-refractivity contribution < 1.29 is 4.79 Å². The number of amides is 1. The summed E-state index contributed by atoms with van der Waals surface area (Å²) in [4.78, 5) is 13.1. The number of carbonyl (C=O) groups excluding carboxylic acids is 1. The van der Waals surface area contributed by atoms with Gasteiger partial charge in [0.05, 0.1) is 21.0 Å². The van der Waals surface area contributed by atoms with Gasteiger partial charge < -0.3 is 5.32 Å². The lowest BCUT2D eigenvalue weighted by Gasteiger charge is -2.18. The first-order valence-corrected chi connectivity index (χ1v) is 11.4. The zero-order valence-electron chi connectivity index (χ0n) is 17.2. The van der Waals surface area contributed by atoms with E-state index in [1.807, 2.05) is 27.7 Å². The van der Waals surface area contributed by atoms with Crippen LogP contribution in [-0.2, 0) is 4.79 Å². The Hall–Kier alpha value is -2.38. The molecule has 0 aliphatic rings. The number of hydrogen-bond acceptors (Lipinski definition) is 5. The van der Waals surface area contributed by atoms with E-state index in [1.54, 1.807) is 11.3 Å². The Morgan fingerprint density at radius 2 is 1.86 bits per heavy atom. The highest BCUT2D eigenvalue weighted by molar-refractivity contribution is 8.00. The second kappa shape index (κ2) is 7.80. The maximum absolute atomic E-state index is 13.1. The Morgan fingerprint density at radius 1 is 1.14 bits per heavy atom. The minimum absolute atomic E-state index is 0.00134. The molecule has 5 nitrogen and oxygen atoms in total. The SMILES string of the molecule is CC[C@@H](Sc1nnc(C)n2c1cc1sccc12)C(=O)Nc1c(C)cc(C)cc1C. The van der Waals surface area contributed by atoms with Crippen molar-refractivity contribution in [2.45, 2.75) is 51.3 Å². The van der Waals surface area contributed by atoms with Gasteiger partial charge in [-0.15, -0.1) is 21.5 Å². The highest BCUT2D eigenvalue weighted by atomic mass is 32.2. The zero-order chi connectivity index (χ0) is 20.7. The third-order valence-electron chi connectivity index (χ3n) is 5.09. The number of fused-ring (bicyclic) bond motifs is 3. The minimum Gasteiger partial charge on any atom is -0.325 e. The normalized spacial score (nSPS) is 12.6. The van der Waals surface area contributed by atoms with E-state index in [9.17, 15) is 4.79 Å². The van der Waals surface area contributed by atoms with E-state index in [1.165, 1.54) is 22.0 Å². The number of nitrogens with zero attached hydrogens (tertiary/aromatic N) is 3. The summed E-state index contributed by atoms with van der Waals surface area (Å²) in [5, 5.41) is 14.5. The minimum atomic E-state index is -0.246. The molecule has 0 saturated carbocycles. The predicted molar refractivity (Wildman–Crippen MR) is 122 cm³/mol. The topological polar surface area (TPSA) is 59.3 Å². The smallest absolute Gasteiger partial charge is 0.237 e. The molecule has 0 unspecified atom stereocenters. The summed E-state index contributed by atoms with van der Waals surface area (Å²) in [6, 6.07) is 8.43. The van der Waals surface area contributed by atoms with Crippen LogP contribution in [0.25, 0.3) is 15.7 Å². The first-order chi connectivity index (χ1) is 13.9.